The van der Waals surface area contributed by atoms with Gasteiger partial charge in [-0.2, -0.15) is 12.6 Å². The summed E-state index contributed by atoms with van der Waals surface area (Å²) >= 11 is 4.24. The lowest BCUT2D eigenvalue weighted by molar-refractivity contribution is -0.141. The number of carbonyl (C=O) groups is 5. The summed E-state index contributed by atoms with van der Waals surface area (Å²) in [7, 11) is 0. The molecule has 1 saturated carbocycles. The molecule has 196 valence electrons. The Morgan fingerprint density at radius 1 is 0.914 bits per heavy atom. The molecule has 2 bridgehead atoms. The van der Waals surface area contributed by atoms with E-state index in [0.717, 1.165) is 50.7 Å². The van der Waals surface area contributed by atoms with Gasteiger partial charge in [0, 0.05) is 19.0 Å². The molecule has 0 unspecified atom stereocenters. The highest BCUT2D eigenvalue weighted by atomic mass is 32.1. The van der Waals surface area contributed by atoms with Gasteiger partial charge >= 0.3 is 0 Å². The molecular weight excluding hydrogens is 470 g/mol. The van der Waals surface area contributed by atoms with Crippen LogP contribution in [-0.2, 0) is 24.0 Å². The molecule has 0 spiro atoms. The molecule has 3 saturated heterocycles. The predicted octanol–water partition coefficient (Wildman–Crippen LogP) is 0.391. The number of rotatable bonds is 6. The maximum atomic E-state index is 13.2. The van der Waals surface area contributed by atoms with Crippen molar-refractivity contribution in [3.05, 3.63) is 0 Å². The first-order chi connectivity index (χ1) is 16.8. The van der Waals surface area contributed by atoms with Gasteiger partial charge in [0.15, 0.2) is 0 Å². The van der Waals surface area contributed by atoms with Gasteiger partial charge in [0.25, 0.3) is 0 Å². The second kappa shape index (κ2) is 13.1. The fraction of sp³-hybridized carbons (Fsp3) is 0.792. The minimum atomic E-state index is -1.12. The monoisotopic (exact) mass is 509 g/mol. The fourth-order valence-corrected chi connectivity index (χ4v) is 5.58. The van der Waals surface area contributed by atoms with Crippen LogP contribution in [0.15, 0.2) is 0 Å². The van der Waals surface area contributed by atoms with Gasteiger partial charge in [-0.15, -0.1) is 0 Å². The molecule has 35 heavy (non-hydrogen) atoms. The summed E-state index contributed by atoms with van der Waals surface area (Å²) in [6.45, 7) is 0.374. The molecule has 4 rings (SSSR count). The number of nitrogens with zero attached hydrogens (tertiary/aromatic N) is 1. The summed E-state index contributed by atoms with van der Waals surface area (Å²) in [4.78, 5) is 65.4. The van der Waals surface area contributed by atoms with Gasteiger partial charge in [0.1, 0.15) is 18.1 Å². The molecule has 0 aromatic rings. The minimum absolute atomic E-state index is 0.00253. The molecule has 11 heteroatoms. The van der Waals surface area contributed by atoms with Crippen molar-refractivity contribution in [2.24, 2.45) is 11.7 Å². The molecule has 5 N–H and O–H groups in total. The van der Waals surface area contributed by atoms with Crippen LogP contribution < -0.4 is 21.7 Å². The van der Waals surface area contributed by atoms with E-state index >= 15 is 0 Å². The van der Waals surface area contributed by atoms with E-state index in [2.05, 4.69) is 28.6 Å². The lowest BCUT2D eigenvalue weighted by atomic mass is 9.83. The predicted molar refractivity (Wildman–Crippen MR) is 133 cm³/mol. The minimum Gasteiger partial charge on any atom is -0.368 e. The van der Waals surface area contributed by atoms with Crippen LogP contribution in [0.1, 0.15) is 77.0 Å². The fourth-order valence-electron chi connectivity index (χ4n) is 5.35. The van der Waals surface area contributed by atoms with Gasteiger partial charge < -0.3 is 26.6 Å². The second-order valence-corrected chi connectivity index (χ2v) is 10.5. The topological polar surface area (TPSA) is 151 Å². The lowest BCUT2D eigenvalue weighted by Crippen LogP contribution is -2.55. The molecule has 4 aliphatic rings. The molecule has 4 fully saturated rings. The zero-order valence-electron chi connectivity index (χ0n) is 20.3. The largest absolute Gasteiger partial charge is 0.368 e. The Morgan fingerprint density at radius 3 is 2.34 bits per heavy atom. The zero-order valence-corrected chi connectivity index (χ0v) is 21.2. The average Bonchev–Trinajstić information content (AvgIpc) is 3.31. The van der Waals surface area contributed by atoms with Gasteiger partial charge in [-0.05, 0) is 63.0 Å². The third-order valence-electron chi connectivity index (χ3n) is 7.38. The van der Waals surface area contributed by atoms with Crippen LogP contribution >= 0.6 is 12.6 Å². The Morgan fingerprint density at radius 2 is 1.66 bits per heavy atom. The molecule has 0 radical (unpaired) electrons. The van der Waals surface area contributed by atoms with Crippen LogP contribution in [0.25, 0.3) is 0 Å². The van der Waals surface area contributed by atoms with Crippen molar-refractivity contribution in [2.75, 3.05) is 12.3 Å². The molecule has 0 aromatic heterocycles. The maximum absolute atomic E-state index is 13.2. The Kier molecular flexibility index (Phi) is 10.2. The van der Waals surface area contributed by atoms with E-state index in [1.54, 1.807) is 0 Å². The van der Waals surface area contributed by atoms with Crippen LogP contribution in [-0.4, -0.2) is 70.9 Å². The van der Waals surface area contributed by atoms with E-state index < -0.39 is 29.9 Å². The number of carbonyl (C=O) groups excluding carboxylic acids is 5. The van der Waals surface area contributed by atoms with Crippen LogP contribution in [0.2, 0.25) is 0 Å². The average molecular weight is 510 g/mol. The summed E-state index contributed by atoms with van der Waals surface area (Å²) in [6, 6.07) is -2.51. The number of amides is 5. The highest BCUT2D eigenvalue weighted by Gasteiger charge is 2.38. The molecule has 10 nitrogen and oxygen atoms in total. The smallest absolute Gasteiger partial charge is 0.243 e. The number of primary amides is 1. The second-order valence-electron chi connectivity index (χ2n) is 10.0. The highest BCUT2D eigenvalue weighted by molar-refractivity contribution is 7.80. The number of nitrogens with two attached hydrogens (primary N) is 1. The van der Waals surface area contributed by atoms with Crippen LogP contribution in [0.4, 0.5) is 0 Å². The van der Waals surface area contributed by atoms with E-state index in [4.69, 9.17) is 5.73 Å². The Hall–Kier alpha value is -2.30. The zero-order chi connectivity index (χ0) is 25.4. The number of hydrogen-bond acceptors (Lipinski definition) is 6. The molecule has 5 amide bonds. The lowest BCUT2D eigenvalue weighted by Gasteiger charge is -2.30. The Labute approximate surface area is 212 Å². The Balaban J connectivity index is 1.79. The van der Waals surface area contributed by atoms with Crippen LogP contribution in [0, 0.1) is 5.92 Å². The molecule has 1 aliphatic carbocycles. The first kappa shape index (κ1) is 27.3. The van der Waals surface area contributed by atoms with Crippen molar-refractivity contribution in [3.8, 4) is 0 Å². The molecule has 3 heterocycles. The normalized spacial score (nSPS) is 30.8. The van der Waals surface area contributed by atoms with Gasteiger partial charge in [-0.25, -0.2) is 0 Å². The van der Waals surface area contributed by atoms with Crippen molar-refractivity contribution in [2.45, 2.75) is 101 Å². The van der Waals surface area contributed by atoms with Gasteiger partial charge in [0.05, 0.1) is 6.42 Å². The number of nitrogens with one attached hydrogen (secondary N) is 3. The number of unbranched alkanes of at least 4 members (excludes halogenated alkanes) is 2. The van der Waals surface area contributed by atoms with Crippen molar-refractivity contribution in [1.29, 1.82) is 0 Å². The van der Waals surface area contributed by atoms with E-state index in [0.29, 0.717) is 25.8 Å². The van der Waals surface area contributed by atoms with Gasteiger partial charge in [-0.3, -0.25) is 24.0 Å². The first-order valence-electron chi connectivity index (χ1n) is 12.9. The standard InChI is InChI=1S/C24H39N5O5S/c25-22(32)18-14-21(31)29-11-4-6-19(29)24(34)28-17(5-2-1-3-12-35)23(33)26-16-9-7-15(8-10-16)13-20(30)27-18/h15-19,35H,1-14H2,(H2,25,32)(H,26,33)(H,27,30)(H,28,34)/t15?,16?,17-,18-,19-/m0/s1. The SMILES string of the molecule is NC(=O)[C@@H]1CC(=O)N2CCC[C@H]2C(=O)N[C@@H](CCCCCS)C(=O)NC2CCC(CC2)CC(=O)N1. The van der Waals surface area contributed by atoms with Crippen molar-refractivity contribution >= 4 is 42.2 Å². The van der Waals surface area contributed by atoms with Gasteiger partial charge in [0.2, 0.25) is 29.5 Å². The third kappa shape index (κ3) is 7.85. The Bertz CT molecular complexity index is 801. The number of fused-ring (bicyclic) bond motifs is 11. The number of hydrogen-bond donors (Lipinski definition) is 5. The van der Waals surface area contributed by atoms with Crippen LogP contribution in [0.5, 0.6) is 0 Å². The van der Waals surface area contributed by atoms with Crippen molar-refractivity contribution in [1.82, 2.24) is 20.9 Å². The maximum Gasteiger partial charge on any atom is 0.243 e. The quantitative estimate of drug-likeness (QED) is 0.259. The van der Waals surface area contributed by atoms with E-state index in [-0.39, 0.29) is 42.5 Å². The molecule has 3 atom stereocenters. The van der Waals surface area contributed by atoms with E-state index in [9.17, 15) is 24.0 Å². The van der Waals surface area contributed by atoms with Crippen LogP contribution in [0.3, 0.4) is 0 Å². The van der Waals surface area contributed by atoms with E-state index in [1.165, 1.54) is 4.90 Å². The summed E-state index contributed by atoms with van der Waals surface area (Å²) in [5.41, 5.74) is 5.48. The molecular formula is C24H39N5O5S. The first-order valence-corrected chi connectivity index (χ1v) is 13.5. The highest BCUT2D eigenvalue weighted by Crippen LogP contribution is 2.27. The van der Waals surface area contributed by atoms with E-state index in [1.807, 2.05) is 0 Å². The summed E-state index contributed by atoms with van der Waals surface area (Å²) in [6.07, 6.45) is 7.27. The van der Waals surface area contributed by atoms with Crippen molar-refractivity contribution in [3.63, 3.8) is 0 Å². The molecule has 3 aliphatic heterocycles. The summed E-state index contributed by atoms with van der Waals surface area (Å²) in [5.74, 6) is -1.14. The van der Waals surface area contributed by atoms with Crippen molar-refractivity contribution < 1.29 is 24.0 Å². The summed E-state index contributed by atoms with van der Waals surface area (Å²) in [5, 5.41) is 8.63. The van der Waals surface area contributed by atoms with Gasteiger partial charge in [-0.1, -0.05) is 12.8 Å². The summed E-state index contributed by atoms with van der Waals surface area (Å²) < 4.78 is 0. The number of thiol groups is 1. The third-order valence-corrected chi connectivity index (χ3v) is 7.70. The molecule has 0 aromatic carbocycles.